The first-order valence-electron chi connectivity index (χ1n) is 8.36. The number of hydrogen-bond donors (Lipinski definition) is 6. The maximum absolute atomic E-state index is 12.5. The summed E-state index contributed by atoms with van der Waals surface area (Å²) in [7, 11) is 0. The SMILES string of the molecule is O=C(O)C(CO)NC(=O)C(Cc1ccc(O)cc1)NC(=O)C1CCCN1. The van der Waals surface area contributed by atoms with Crippen LogP contribution in [0, 0.1) is 0 Å². The molecular weight excluding hydrogens is 342 g/mol. The van der Waals surface area contributed by atoms with E-state index in [4.69, 9.17) is 10.2 Å². The summed E-state index contributed by atoms with van der Waals surface area (Å²) in [6, 6.07) is 3.27. The number of aliphatic hydroxyl groups excluding tert-OH is 1. The minimum atomic E-state index is -1.45. The predicted molar refractivity (Wildman–Crippen MR) is 91.4 cm³/mol. The molecule has 1 heterocycles. The summed E-state index contributed by atoms with van der Waals surface area (Å²) >= 11 is 0. The third-order valence-electron chi connectivity index (χ3n) is 4.18. The quantitative estimate of drug-likeness (QED) is 0.337. The van der Waals surface area contributed by atoms with Gasteiger partial charge in [0.1, 0.15) is 17.8 Å². The number of hydrogen-bond acceptors (Lipinski definition) is 6. The summed E-state index contributed by atoms with van der Waals surface area (Å²) in [5.74, 6) is -2.34. The number of nitrogens with one attached hydrogen (secondary N) is 3. The van der Waals surface area contributed by atoms with Gasteiger partial charge in [-0.15, -0.1) is 0 Å². The van der Waals surface area contributed by atoms with Gasteiger partial charge in [0.25, 0.3) is 0 Å². The van der Waals surface area contributed by atoms with Gasteiger partial charge in [-0.25, -0.2) is 4.79 Å². The lowest BCUT2D eigenvalue weighted by atomic mass is 10.0. The normalized spacial score (nSPS) is 18.7. The molecular formula is C17H23N3O6. The zero-order valence-corrected chi connectivity index (χ0v) is 14.1. The van der Waals surface area contributed by atoms with Gasteiger partial charge >= 0.3 is 5.97 Å². The molecule has 1 aliphatic heterocycles. The van der Waals surface area contributed by atoms with Gasteiger partial charge in [0.05, 0.1) is 12.6 Å². The number of aliphatic hydroxyl groups is 1. The van der Waals surface area contributed by atoms with E-state index in [1.54, 1.807) is 12.1 Å². The Morgan fingerprint density at radius 2 is 1.85 bits per heavy atom. The molecule has 26 heavy (non-hydrogen) atoms. The molecule has 6 N–H and O–H groups in total. The van der Waals surface area contributed by atoms with Gasteiger partial charge in [0, 0.05) is 6.42 Å². The average molecular weight is 365 g/mol. The molecule has 0 saturated carbocycles. The molecule has 2 rings (SSSR count). The number of aromatic hydroxyl groups is 1. The Morgan fingerprint density at radius 3 is 2.38 bits per heavy atom. The molecule has 0 bridgehead atoms. The van der Waals surface area contributed by atoms with Crippen molar-refractivity contribution in [1.82, 2.24) is 16.0 Å². The van der Waals surface area contributed by atoms with E-state index in [9.17, 15) is 19.5 Å². The maximum atomic E-state index is 12.5. The Hall–Kier alpha value is -2.65. The second-order valence-corrected chi connectivity index (χ2v) is 6.16. The smallest absolute Gasteiger partial charge is 0.328 e. The van der Waals surface area contributed by atoms with Crippen LogP contribution in [0.5, 0.6) is 5.75 Å². The Bertz CT molecular complexity index is 642. The molecule has 2 amide bonds. The highest BCUT2D eigenvalue weighted by atomic mass is 16.4. The molecule has 0 radical (unpaired) electrons. The number of carbonyl (C=O) groups is 3. The van der Waals surface area contributed by atoms with Gasteiger partial charge in [-0.1, -0.05) is 12.1 Å². The molecule has 9 nitrogen and oxygen atoms in total. The highest BCUT2D eigenvalue weighted by Crippen LogP contribution is 2.12. The van der Waals surface area contributed by atoms with E-state index in [0.29, 0.717) is 12.0 Å². The molecule has 3 unspecified atom stereocenters. The van der Waals surface area contributed by atoms with Crippen LogP contribution < -0.4 is 16.0 Å². The van der Waals surface area contributed by atoms with Crippen molar-refractivity contribution >= 4 is 17.8 Å². The Balaban J connectivity index is 2.10. The Morgan fingerprint density at radius 1 is 1.15 bits per heavy atom. The molecule has 142 valence electrons. The average Bonchev–Trinajstić information content (AvgIpc) is 3.15. The number of benzene rings is 1. The number of aliphatic carboxylic acids is 1. The fraction of sp³-hybridized carbons (Fsp3) is 0.471. The molecule has 3 atom stereocenters. The van der Waals surface area contributed by atoms with Crippen LogP contribution in [0.1, 0.15) is 18.4 Å². The first-order chi connectivity index (χ1) is 12.4. The minimum Gasteiger partial charge on any atom is -0.508 e. The number of carboxylic acids is 1. The molecule has 0 spiro atoms. The van der Waals surface area contributed by atoms with Crippen molar-refractivity contribution in [3.05, 3.63) is 29.8 Å². The van der Waals surface area contributed by atoms with Gasteiger partial charge in [-0.2, -0.15) is 0 Å². The van der Waals surface area contributed by atoms with Crippen molar-refractivity contribution in [2.75, 3.05) is 13.2 Å². The lowest BCUT2D eigenvalue weighted by molar-refractivity contribution is -0.143. The zero-order valence-electron chi connectivity index (χ0n) is 14.1. The first-order valence-corrected chi connectivity index (χ1v) is 8.36. The summed E-state index contributed by atoms with van der Waals surface area (Å²) in [6.45, 7) is -0.0381. The lowest BCUT2D eigenvalue weighted by Gasteiger charge is -2.22. The highest BCUT2D eigenvalue weighted by molar-refractivity contribution is 5.92. The van der Waals surface area contributed by atoms with E-state index in [1.165, 1.54) is 12.1 Å². The van der Waals surface area contributed by atoms with Crippen LogP contribution in [0.2, 0.25) is 0 Å². The number of phenols is 1. The van der Waals surface area contributed by atoms with Crippen molar-refractivity contribution in [2.45, 2.75) is 37.4 Å². The molecule has 0 aliphatic carbocycles. The highest BCUT2D eigenvalue weighted by Gasteiger charge is 2.29. The van der Waals surface area contributed by atoms with Crippen LogP contribution in [0.15, 0.2) is 24.3 Å². The van der Waals surface area contributed by atoms with Crippen LogP contribution in [0.4, 0.5) is 0 Å². The third kappa shape index (κ3) is 5.43. The fourth-order valence-corrected chi connectivity index (χ4v) is 2.72. The number of amides is 2. The number of carboxylic acid groups (broad SMARTS) is 1. The summed E-state index contributed by atoms with van der Waals surface area (Å²) in [6.07, 6.45) is 1.63. The predicted octanol–water partition coefficient (Wildman–Crippen LogP) is -1.27. The van der Waals surface area contributed by atoms with Crippen molar-refractivity contribution in [1.29, 1.82) is 0 Å². The largest absolute Gasteiger partial charge is 0.508 e. The second-order valence-electron chi connectivity index (χ2n) is 6.16. The van der Waals surface area contributed by atoms with Gasteiger partial charge < -0.3 is 31.3 Å². The number of rotatable bonds is 8. The van der Waals surface area contributed by atoms with Crippen molar-refractivity contribution in [3.63, 3.8) is 0 Å². The Labute approximate surface area is 150 Å². The van der Waals surface area contributed by atoms with Crippen LogP contribution in [0.3, 0.4) is 0 Å². The van der Waals surface area contributed by atoms with E-state index in [0.717, 1.165) is 13.0 Å². The van der Waals surface area contributed by atoms with Gasteiger partial charge in [-0.05, 0) is 37.1 Å². The van der Waals surface area contributed by atoms with Crippen LogP contribution in [-0.2, 0) is 20.8 Å². The van der Waals surface area contributed by atoms with Gasteiger partial charge in [0.15, 0.2) is 0 Å². The number of carbonyl (C=O) groups excluding carboxylic acids is 2. The van der Waals surface area contributed by atoms with Gasteiger partial charge in [-0.3, -0.25) is 9.59 Å². The van der Waals surface area contributed by atoms with Crippen LogP contribution >= 0.6 is 0 Å². The standard InChI is InChI=1S/C17H23N3O6/c21-9-14(17(25)26)20-16(24)13(8-10-3-5-11(22)6-4-10)19-15(23)12-2-1-7-18-12/h3-6,12-14,18,21-22H,1-2,7-9H2,(H,19,23)(H,20,24)(H,25,26). The Kier molecular flexibility index (Phi) is 6.93. The molecule has 0 aromatic heterocycles. The maximum Gasteiger partial charge on any atom is 0.328 e. The van der Waals surface area contributed by atoms with E-state index in [1.807, 2.05) is 0 Å². The third-order valence-corrected chi connectivity index (χ3v) is 4.18. The summed E-state index contributed by atoms with van der Waals surface area (Å²) in [5.41, 5.74) is 0.679. The lowest BCUT2D eigenvalue weighted by Crippen LogP contribution is -2.55. The van der Waals surface area contributed by atoms with E-state index < -0.39 is 36.6 Å². The van der Waals surface area contributed by atoms with E-state index in [-0.39, 0.29) is 18.1 Å². The van der Waals surface area contributed by atoms with Crippen LogP contribution in [-0.4, -0.2) is 64.4 Å². The fourth-order valence-electron chi connectivity index (χ4n) is 2.72. The van der Waals surface area contributed by atoms with Crippen LogP contribution in [0.25, 0.3) is 0 Å². The molecule has 1 fully saturated rings. The van der Waals surface area contributed by atoms with Crippen molar-refractivity contribution in [2.24, 2.45) is 0 Å². The molecule has 9 heteroatoms. The summed E-state index contributed by atoms with van der Waals surface area (Å²) in [4.78, 5) is 35.8. The summed E-state index contributed by atoms with van der Waals surface area (Å²) < 4.78 is 0. The summed E-state index contributed by atoms with van der Waals surface area (Å²) in [5, 5.41) is 35.3. The van der Waals surface area contributed by atoms with E-state index in [2.05, 4.69) is 16.0 Å². The molecule has 1 saturated heterocycles. The monoisotopic (exact) mass is 365 g/mol. The second kappa shape index (κ2) is 9.16. The molecule has 1 aromatic carbocycles. The number of phenolic OH excluding ortho intramolecular Hbond substituents is 1. The van der Waals surface area contributed by atoms with Gasteiger partial charge in [0.2, 0.25) is 11.8 Å². The molecule has 1 aliphatic rings. The van der Waals surface area contributed by atoms with Crippen molar-refractivity contribution < 1.29 is 29.7 Å². The van der Waals surface area contributed by atoms with E-state index >= 15 is 0 Å². The minimum absolute atomic E-state index is 0.0696. The topological polar surface area (TPSA) is 148 Å². The first kappa shape index (κ1) is 19.7. The molecule has 1 aromatic rings. The van der Waals surface area contributed by atoms with Crippen molar-refractivity contribution in [3.8, 4) is 5.75 Å². The zero-order chi connectivity index (χ0) is 19.1.